The third-order valence-electron chi connectivity index (χ3n) is 4.57. The molecule has 16 heavy (non-hydrogen) atoms. The molecule has 0 aromatic heterocycles. The van der Waals surface area contributed by atoms with Crippen LogP contribution in [0.15, 0.2) is 0 Å². The first-order chi connectivity index (χ1) is 7.74. The fourth-order valence-corrected chi connectivity index (χ4v) is 3.42. The van der Waals surface area contributed by atoms with Gasteiger partial charge in [0.05, 0.1) is 0 Å². The predicted molar refractivity (Wildman–Crippen MR) is 66.3 cm³/mol. The number of nitrogens with zero attached hydrogens (tertiary/aromatic N) is 1. The number of rotatable bonds is 4. The lowest BCUT2D eigenvalue weighted by Gasteiger charge is -2.40. The van der Waals surface area contributed by atoms with E-state index in [1.54, 1.807) is 0 Å². The minimum absolute atomic E-state index is 0.155. The minimum Gasteiger partial charge on any atom is -0.396 e. The molecule has 0 bridgehead atoms. The maximum Gasteiger partial charge on any atom is 0.0446 e. The molecule has 1 unspecified atom stereocenters. The molecule has 94 valence electrons. The highest BCUT2D eigenvalue weighted by Gasteiger charge is 2.36. The number of nitrogens with two attached hydrogens (primary N) is 1. The van der Waals surface area contributed by atoms with E-state index in [0.29, 0.717) is 5.41 Å². The highest BCUT2D eigenvalue weighted by Crippen LogP contribution is 2.45. The van der Waals surface area contributed by atoms with Crippen LogP contribution in [0.5, 0.6) is 0 Å². The van der Waals surface area contributed by atoms with E-state index in [4.69, 9.17) is 10.8 Å². The number of piperidine rings is 1. The molecule has 2 aliphatic rings. The van der Waals surface area contributed by atoms with Crippen LogP contribution in [0.1, 0.15) is 44.9 Å². The number of aliphatic hydroxyl groups is 1. The summed E-state index contributed by atoms with van der Waals surface area (Å²) < 4.78 is 0. The van der Waals surface area contributed by atoms with Gasteiger partial charge in [-0.3, -0.25) is 0 Å². The smallest absolute Gasteiger partial charge is 0.0446 e. The first-order valence-corrected chi connectivity index (χ1v) is 6.83. The van der Waals surface area contributed by atoms with E-state index < -0.39 is 0 Å². The largest absolute Gasteiger partial charge is 0.396 e. The van der Waals surface area contributed by atoms with Crippen molar-refractivity contribution in [3.63, 3.8) is 0 Å². The van der Waals surface area contributed by atoms with Gasteiger partial charge >= 0.3 is 0 Å². The van der Waals surface area contributed by atoms with Crippen molar-refractivity contribution in [2.45, 2.75) is 51.0 Å². The molecular weight excluding hydrogens is 200 g/mol. The number of likely N-dealkylation sites (tertiary alicyclic amines) is 1. The van der Waals surface area contributed by atoms with E-state index in [0.717, 1.165) is 13.0 Å². The standard InChI is InChI=1S/C13H26N2O/c14-12(3-10-16)11-15-8-6-13(7-9-15)4-1-2-5-13/h12,16H,1-11,14H2. The van der Waals surface area contributed by atoms with Crippen LogP contribution in [0.4, 0.5) is 0 Å². The molecule has 0 amide bonds. The molecule has 3 N–H and O–H groups in total. The molecule has 2 rings (SSSR count). The zero-order valence-electron chi connectivity index (χ0n) is 10.3. The van der Waals surface area contributed by atoms with Gasteiger partial charge in [-0.25, -0.2) is 0 Å². The average Bonchev–Trinajstić information content (AvgIpc) is 2.71. The Morgan fingerprint density at radius 2 is 1.75 bits per heavy atom. The Balaban J connectivity index is 1.72. The predicted octanol–water partition coefficient (Wildman–Crippen LogP) is 1.35. The maximum atomic E-state index is 8.84. The van der Waals surface area contributed by atoms with Crippen LogP contribution in [-0.2, 0) is 0 Å². The first kappa shape index (κ1) is 12.3. The zero-order chi connectivity index (χ0) is 11.4. The Morgan fingerprint density at radius 3 is 2.31 bits per heavy atom. The lowest BCUT2D eigenvalue weighted by Crippen LogP contribution is -2.44. The van der Waals surface area contributed by atoms with E-state index >= 15 is 0 Å². The molecule has 1 saturated carbocycles. The van der Waals surface area contributed by atoms with Gasteiger partial charge in [-0.15, -0.1) is 0 Å². The van der Waals surface area contributed by atoms with Crippen LogP contribution in [0.3, 0.4) is 0 Å². The molecule has 2 fully saturated rings. The summed E-state index contributed by atoms with van der Waals surface area (Å²) in [6.07, 6.45) is 9.31. The third-order valence-corrected chi connectivity index (χ3v) is 4.57. The Labute approximate surface area is 99.0 Å². The van der Waals surface area contributed by atoms with Crippen molar-refractivity contribution in [3.8, 4) is 0 Å². The van der Waals surface area contributed by atoms with Crippen LogP contribution in [0.2, 0.25) is 0 Å². The van der Waals surface area contributed by atoms with Crippen molar-refractivity contribution >= 4 is 0 Å². The van der Waals surface area contributed by atoms with Gasteiger partial charge in [0.15, 0.2) is 0 Å². The average molecular weight is 226 g/mol. The molecule has 1 saturated heterocycles. The molecule has 1 aliphatic carbocycles. The van der Waals surface area contributed by atoms with Gasteiger partial charge in [0.1, 0.15) is 0 Å². The van der Waals surface area contributed by atoms with Gasteiger partial charge < -0.3 is 15.7 Å². The van der Waals surface area contributed by atoms with Gasteiger partial charge in [-0.2, -0.15) is 0 Å². The summed E-state index contributed by atoms with van der Waals surface area (Å²) in [5.41, 5.74) is 6.66. The van der Waals surface area contributed by atoms with Crippen molar-refractivity contribution in [1.29, 1.82) is 0 Å². The van der Waals surface area contributed by atoms with Gasteiger partial charge in [0.2, 0.25) is 0 Å². The summed E-state index contributed by atoms with van der Waals surface area (Å²) >= 11 is 0. The minimum atomic E-state index is 0.155. The van der Waals surface area contributed by atoms with Gasteiger partial charge in [0.25, 0.3) is 0 Å². The number of hydrogen-bond acceptors (Lipinski definition) is 3. The summed E-state index contributed by atoms with van der Waals surface area (Å²) in [6.45, 7) is 3.63. The lowest BCUT2D eigenvalue weighted by molar-refractivity contribution is 0.101. The molecule has 0 aromatic rings. The van der Waals surface area contributed by atoms with Crippen LogP contribution in [-0.4, -0.2) is 42.3 Å². The quantitative estimate of drug-likeness (QED) is 0.761. The second kappa shape index (κ2) is 5.48. The van der Waals surface area contributed by atoms with Crippen molar-refractivity contribution in [3.05, 3.63) is 0 Å². The van der Waals surface area contributed by atoms with Crippen LogP contribution in [0, 0.1) is 5.41 Å². The van der Waals surface area contributed by atoms with E-state index in [2.05, 4.69) is 4.90 Å². The molecule has 1 heterocycles. The highest BCUT2D eigenvalue weighted by molar-refractivity contribution is 4.90. The summed E-state index contributed by atoms with van der Waals surface area (Å²) in [5.74, 6) is 0. The Bertz CT molecular complexity index is 204. The van der Waals surface area contributed by atoms with E-state index in [1.807, 2.05) is 0 Å². The maximum absolute atomic E-state index is 8.84. The van der Waals surface area contributed by atoms with Crippen LogP contribution >= 0.6 is 0 Å². The molecule has 1 atom stereocenters. The summed E-state index contributed by atoms with van der Waals surface area (Å²) in [7, 11) is 0. The second-order valence-electron chi connectivity index (χ2n) is 5.78. The van der Waals surface area contributed by atoms with E-state index in [-0.39, 0.29) is 12.6 Å². The summed E-state index contributed by atoms with van der Waals surface area (Å²) in [6, 6.07) is 0.155. The second-order valence-corrected chi connectivity index (χ2v) is 5.78. The summed E-state index contributed by atoms with van der Waals surface area (Å²) in [4.78, 5) is 2.49. The highest BCUT2D eigenvalue weighted by atomic mass is 16.3. The molecule has 1 aliphatic heterocycles. The molecule has 3 heteroatoms. The number of aliphatic hydroxyl groups excluding tert-OH is 1. The fourth-order valence-electron chi connectivity index (χ4n) is 3.42. The number of hydrogen-bond donors (Lipinski definition) is 2. The van der Waals surface area contributed by atoms with Crippen molar-refractivity contribution in [2.24, 2.45) is 11.1 Å². The Hall–Kier alpha value is -0.120. The zero-order valence-corrected chi connectivity index (χ0v) is 10.3. The van der Waals surface area contributed by atoms with Crippen LogP contribution < -0.4 is 5.73 Å². The SMILES string of the molecule is NC(CCO)CN1CCC2(CCCC2)CC1. The van der Waals surface area contributed by atoms with Crippen molar-refractivity contribution < 1.29 is 5.11 Å². The molecular formula is C13H26N2O. The fraction of sp³-hybridized carbons (Fsp3) is 1.00. The van der Waals surface area contributed by atoms with E-state index in [9.17, 15) is 0 Å². The van der Waals surface area contributed by atoms with Crippen molar-refractivity contribution in [2.75, 3.05) is 26.2 Å². The Kier molecular flexibility index (Phi) is 4.22. The van der Waals surface area contributed by atoms with Crippen LogP contribution in [0.25, 0.3) is 0 Å². The molecule has 3 nitrogen and oxygen atoms in total. The normalized spacial score (nSPS) is 27.4. The molecule has 0 radical (unpaired) electrons. The lowest BCUT2D eigenvalue weighted by atomic mass is 9.77. The van der Waals surface area contributed by atoms with Gasteiger partial charge in [0, 0.05) is 19.2 Å². The summed E-state index contributed by atoms with van der Waals surface area (Å²) in [5, 5.41) is 8.84. The Morgan fingerprint density at radius 1 is 1.12 bits per heavy atom. The molecule has 1 spiro atoms. The van der Waals surface area contributed by atoms with Crippen molar-refractivity contribution in [1.82, 2.24) is 4.90 Å². The topological polar surface area (TPSA) is 49.5 Å². The molecule has 0 aromatic carbocycles. The monoisotopic (exact) mass is 226 g/mol. The first-order valence-electron chi connectivity index (χ1n) is 6.83. The third kappa shape index (κ3) is 2.96. The van der Waals surface area contributed by atoms with E-state index in [1.165, 1.54) is 51.6 Å². The van der Waals surface area contributed by atoms with Gasteiger partial charge in [-0.1, -0.05) is 12.8 Å². The van der Waals surface area contributed by atoms with Gasteiger partial charge in [-0.05, 0) is 50.6 Å².